The third-order valence-electron chi connectivity index (χ3n) is 13.1. The molecule has 2 heterocycles. The first-order valence-corrected chi connectivity index (χ1v) is 22.7. The number of aldehydes is 1. The van der Waals surface area contributed by atoms with E-state index in [2.05, 4.69) is 123 Å². The van der Waals surface area contributed by atoms with E-state index in [-0.39, 0.29) is 11.8 Å². The maximum Gasteiger partial charge on any atom is 0.223 e. The lowest BCUT2D eigenvalue weighted by molar-refractivity contribution is -0.127. The van der Waals surface area contributed by atoms with Gasteiger partial charge in [0, 0.05) is 56.1 Å². The standard InChI is InChI=1S/C40H60N4.C10H17NO2/c1-7-10-11-40(41-30-36(33(6)9-3)17-12-31(4)8-2)42-37-18-20-38(21-19-37)44-28-24-39(25-29-44)43-26-22-35(23-27-43)34-15-13-32(5)14-16-34;1-11-10(13)9(6-3-7-12)8-4-2-5-8/h11,13-16,18-21,30-31,35,39,42H,7-10,12,17,22-29H2,1-6H3;7-9H,2-6H2,1H3,(H,11,13)/b36-33+,40-11-,41-30-;. The van der Waals surface area contributed by atoms with Crippen LogP contribution in [0.15, 0.2) is 76.6 Å². The molecule has 314 valence electrons. The Hall–Kier alpha value is -3.71. The number of allylic oxidation sites excluding steroid dienone is 3. The lowest BCUT2D eigenvalue weighted by Crippen LogP contribution is -2.47. The summed E-state index contributed by atoms with van der Waals surface area (Å²) in [6.07, 6.45) is 21.9. The molecular weight excluding hydrogens is 703 g/mol. The predicted molar refractivity (Wildman–Crippen MR) is 243 cm³/mol. The van der Waals surface area contributed by atoms with Gasteiger partial charge in [0.1, 0.15) is 12.1 Å². The molecule has 7 nitrogen and oxygen atoms in total. The number of benzene rings is 2. The Balaban J connectivity index is 0.000000469. The number of aryl methyl sites for hydroxylation is 1. The lowest BCUT2D eigenvalue weighted by Gasteiger charge is -2.42. The first kappa shape index (κ1) is 46.0. The molecule has 1 amide bonds. The van der Waals surface area contributed by atoms with Gasteiger partial charge in [0.05, 0.1) is 0 Å². The minimum atomic E-state index is 0.0731. The second kappa shape index (κ2) is 24.9. The van der Waals surface area contributed by atoms with Crippen molar-refractivity contribution in [2.24, 2.45) is 22.7 Å². The molecule has 0 radical (unpaired) electrons. The topological polar surface area (TPSA) is 77.0 Å². The first-order valence-electron chi connectivity index (χ1n) is 22.7. The number of carbonyl (C=O) groups is 2. The molecule has 1 saturated carbocycles. The molecule has 5 rings (SSSR count). The zero-order valence-corrected chi connectivity index (χ0v) is 36.8. The van der Waals surface area contributed by atoms with E-state index in [9.17, 15) is 9.59 Å². The molecule has 2 aromatic carbocycles. The molecule has 2 atom stereocenters. The number of carbonyl (C=O) groups excluding carboxylic acids is 2. The Labute approximate surface area is 347 Å². The van der Waals surface area contributed by atoms with Crippen LogP contribution in [0.4, 0.5) is 11.4 Å². The van der Waals surface area contributed by atoms with Crippen LogP contribution in [0.5, 0.6) is 0 Å². The summed E-state index contributed by atoms with van der Waals surface area (Å²) in [4.78, 5) is 32.0. The third kappa shape index (κ3) is 14.9. The summed E-state index contributed by atoms with van der Waals surface area (Å²) in [6, 6.07) is 19.0. The first-order chi connectivity index (χ1) is 27.7. The highest BCUT2D eigenvalue weighted by atomic mass is 16.1. The second-order valence-corrected chi connectivity index (χ2v) is 17.1. The molecule has 0 spiro atoms. The third-order valence-corrected chi connectivity index (χ3v) is 13.1. The molecule has 2 unspecified atom stereocenters. The quantitative estimate of drug-likeness (QED) is 0.110. The van der Waals surface area contributed by atoms with E-state index in [4.69, 9.17) is 4.99 Å². The summed E-state index contributed by atoms with van der Waals surface area (Å²) in [7, 11) is 1.66. The molecule has 2 N–H and O–H groups in total. The van der Waals surface area contributed by atoms with Gasteiger partial charge in [-0.3, -0.25) is 4.79 Å². The molecule has 57 heavy (non-hydrogen) atoms. The maximum absolute atomic E-state index is 11.4. The van der Waals surface area contributed by atoms with Gasteiger partial charge in [-0.05, 0) is 157 Å². The number of nitrogens with one attached hydrogen (secondary N) is 2. The highest BCUT2D eigenvalue weighted by Crippen LogP contribution is 2.36. The monoisotopic (exact) mass is 780 g/mol. The Morgan fingerprint density at radius 2 is 1.58 bits per heavy atom. The van der Waals surface area contributed by atoms with Crippen LogP contribution in [-0.4, -0.2) is 62.6 Å². The Morgan fingerprint density at radius 3 is 2.14 bits per heavy atom. The molecule has 0 aromatic heterocycles. The number of rotatable bonds is 19. The SMILES string of the molecule is CCC/C=C(/N=C\C(CCC(C)CC)=C(/C)CC)Nc1ccc(N2CCC(N3CCC(c4ccc(C)cc4)CC3)CC2)cc1.CNC(=O)C(CCC=O)C1CCC1. The van der Waals surface area contributed by atoms with Gasteiger partial charge in [-0.25, -0.2) is 4.99 Å². The molecule has 2 aliphatic heterocycles. The van der Waals surface area contributed by atoms with Crippen LogP contribution in [0.2, 0.25) is 0 Å². The Kier molecular flexibility index (Phi) is 20.1. The number of likely N-dealkylation sites (tertiary alicyclic amines) is 1. The van der Waals surface area contributed by atoms with Crippen LogP contribution in [0.3, 0.4) is 0 Å². The van der Waals surface area contributed by atoms with Gasteiger partial charge in [-0.1, -0.05) is 82.4 Å². The van der Waals surface area contributed by atoms with Crippen molar-refractivity contribution in [1.29, 1.82) is 0 Å². The van der Waals surface area contributed by atoms with Gasteiger partial charge in [0.25, 0.3) is 0 Å². The number of piperidine rings is 2. The number of amides is 1. The summed E-state index contributed by atoms with van der Waals surface area (Å²) >= 11 is 0. The van der Waals surface area contributed by atoms with Gasteiger partial charge in [0.2, 0.25) is 5.91 Å². The highest BCUT2D eigenvalue weighted by molar-refractivity contribution is 5.81. The van der Waals surface area contributed by atoms with Crippen molar-refractivity contribution in [2.75, 3.05) is 43.4 Å². The average Bonchev–Trinajstić information content (AvgIpc) is 3.23. The van der Waals surface area contributed by atoms with Crippen molar-refractivity contribution in [3.05, 3.63) is 82.7 Å². The van der Waals surface area contributed by atoms with E-state index < -0.39 is 0 Å². The molecule has 7 heteroatoms. The van der Waals surface area contributed by atoms with E-state index in [0.29, 0.717) is 18.8 Å². The summed E-state index contributed by atoms with van der Waals surface area (Å²) in [5.41, 5.74) is 8.19. The number of nitrogens with zero attached hydrogens (tertiary/aromatic N) is 3. The molecule has 3 aliphatic rings. The van der Waals surface area contributed by atoms with Crippen LogP contribution in [0.1, 0.15) is 148 Å². The largest absolute Gasteiger partial charge is 0.371 e. The lowest BCUT2D eigenvalue weighted by atomic mass is 9.74. The summed E-state index contributed by atoms with van der Waals surface area (Å²) in [6.45, 7) is 18.3. The van der Waals surface area contributed by atoms with Crippen molar-refractivity contribution in [2.45, 2.75) is 150 Å². The average molecular weight is 780 g/mol. The number of unbranched alkanes of at least 4 members (excludes halogenated alkanes) is 1. The highest BCUT2D eigenvalue weighted by Gasteiger charge is 2.31. The maximum atomic E-state index is 11.4. The van der Waals surface area contributed by atoms with Crippen LogP contribution >= 0.6 is 0 Å². The van der Waals surface area contributed by atoms with Crippen LogP contribution in [0, 0.1) is 24.7 Å². The van der Waals surface area contributed by atoms with Crippen molar-refractivity contribution in [3.8, 4) is 0 Å². The van der Waals surface area contributed by atoms with Gasteiger partial charge in [0.15, 0.2) is 0 Å². The summed E-state index contributed by atoms with van der Waals surface area (Å²) in [5, 5.41) is 6.28. The molecule has 2 saturated heterocycles. The van der Waals surface area contributed by atoms with Crippen LogP contribution in [-0.2, 0) is 9.59 Å². The molecular formula is C50H77N5O2. The number of anilines is 2. The number of hydrogen-bond acceptors (Lipinski definition) is 6. The van der Waals surface area contributed by atoms with Crippen molar-refractivity contribution >= 4 is 29.8 Å². The molecule has 2 aromatic rings. The zero-order valence-electron chi connectivity index (χ0n) is 36.8. The van der Waals surface area contributed by atoms with Crippen LogP contribution < -0.4 is 15.5 Å². The van der Waals surface area contributed by atoms with E-state index in [0.717, 1.165) is 87.3 Å². The normalized spacial score (nSPS) is 18.9. The Bertz CT molecular complexity index is 1560. The van der Waals surface area contributed by atoms with Gasteiger partial charge < -0.3 is 25.2 Å². The second-order valence-electron chi connectivity index (χ2n) is 17.1. The van der Waals surface area contributed by atoms with Crippen molar-refractivity contribution < 1.29 is 9.59 Å². The van der Waals surface area contributed by atoms with Crippen molar-refractivity contribution in [1.82, 2.24) is 10.2 Å². The zero-order chi connectivity index (χ0) is 41.0. The van der Waals surface area contributed by atoms with Gasteiger partial charge in [-0.2, -0.15) is 0 Å². The smallest absolute Gasteiger partial charge is 0.223 e. The molecule has 1 aliphatic carbocycles. The minimum Gasteiger partial charge on any atom is -0.371 e. The number of hydrogen-bond donors (Lipinski definition) is 2. The fourth-order valence-corrected chi connectivity index (χ4v) is 8.47. The van der Waals surface area contributed by atoms with E-state index in [1.165, 1.54) is 86.0 Å². The summed E-state index contributed by atoms with van der Waals surface area (Å²) < 4.78 is 0. The number of aliphatic imine (C=N–C) groups is 1. The van der Waals surface area contributed by atoms with Gasteiger partial charge >= 0.3 is 0 Å². The fraction of sp³-hybridized carbons (Fsp3) is 0.620. The van der Waals surface area contributed by atoms with E-state index >= 15 is 0 Å². The summed E-state index contributed by atoms with van der Waals surface area (Å²) in [5.74, 6) is 3.14. The van der Waals surface area contributed by atoms with E-state index in [1.807, 2.05) is 0 Å². The Morgan fingerprint density at radius 1 is 0.895 bits per heavy atom. The predicted octanol–water partition coefficient (Wildman–Crippen LogP) is 11.6. The van der Waals surface area contributed by atoms with E-state index in [1.54, 1.807) is 7.05 Å². The molecule has 0 bridgehead atoms. The molecule has 3 fully saturated rings. The van der Waals surface area contributed by atoms with Crippen molar-refractivity contribution in [3.63, 3.8) is 0 Å². The fourth-order valence-electron chi connectivity index (χ4n) is 8.47. The minimum absolute atomic E-state index is 0.0731. The van der Waals surface area contributed by atoms with Gasteiger partial charge in [-0.15, -0.1) is 0 Å². The van der Waals surface area contributed by atoms with Crippen LogP contribution in [0.25, 0.3) is 0 Å².